The number of ether oxygens (including phenoxy) is 3. The van der Waals surface area contributed by atoms with Crippen molar-refractivity contribution in [3.05, 3.63) is 0 Å². The van der Waals surface area contributed by atoms with Crippen molar-refractivity contribution in [1.82, 2.24) is 4.31 Å². The van der Waals surface area contributed by atoms with Crippen molar-refractivity contribution in [2.75, 3.05) is 26.2 Å². The largest absolute Gasteiger partial charge is 0.437 e. The highest BCUT2D eigenvalue weighted by Crippen LogP contribution is 2.25. The lowest BCUT2D eigenvalue weighted by molar-refractivity contribution is -0.165. The van der Waals surface area contributed by atoms with Crippen LogP contribution in [0.3, 0.4) is 0 Å². The summed E-state index contributed by atoms with van der Waals surface area (Å²) in [6.45, 7) is 17.2. The Bertz CT molecular complexity index is 607. The zero-order chi connectivity index (χ0) is 23.2. The molecule has 0 unspecified atom stereocenters. The first-order valence-electron chi connectivity index (χ1n) is 10.0. The average Bonchev–Trinajstić information content (AvgIpc) is 2.51. The third-order valence-electron chi connectivity index (χ3n) is 4.71. The summed E-state index contributed by atoms with van der Waals surface area (Å²) in [6, 6.07) is -0.715. The Kier molecular flexibility index (Phi) is 10.8. The van der Waals surface area contributed by atoms with E-state index in [1.165, 1.54) is 10.6 Å². The fraction of sp³-hybridized carbons (Fsp3) is 0.950. The molecular formula is C20H42N2O6S. The molecule has 3 atom stereocenters. The lowest BCUT2D eigenvalue weighted by atomic mass is 9.90. The lowest BCUT2D eigenvalue weighted by Gasteiger charge is -2.38. The molecule has 0 aliphatic carbocycles. The minimum absolute atomic E-state index is 0.0404. The van der Waals surface area contributed by atoms with Crippen molar-refractivity contribution >= 4 is 16.0 Å². The van der Waals surface area contributed by atoms with E-state index in [1.807, 2.05) is 62.3 Å². The van der Waals surface area contributed by atoms with Crippen LogP contribution in [0.2, 0.25) is 0 Å². The van der Waals surface area contributed by atoms with Gasteiger partial charge in [-0.25, -0.2) is 8.42 Å². The molecule has 0 saturated heterocycles. The van der Waals surface area contributed by atoms with Crippen molar-refractivity contribution in [2.45, 2.75) is 86.1 Å². The molecule has 0 rings (SSSR count). The van der Waals surface area contributed by atoms with E-state index in [1.54, 1.807) is 0 Å². The molecule has 0 aromatic heterocycles. The molecule has 0 spiro atoms. The molecule has 0 saturated carbocycles. The molecule has 0 radical (unpaired) electrons. The van der Waals surface area contributed by atoms with Gasteiger partial charge in [-0.2, -0.15) is 4.31 Å². The smallest absolute Gasteiger partial charge is 0.325 e. The second kappa shape index (κ2) is 11.0. The first-order valence-corrected chi connectivity index (χ1v) is 11.9. The van der Waals surface area contributed by atoms with Crippen molar-refractivity contribution in [1.29, 1.82) is 0 Å². The van der Waals surface area contributed by atoms with E-state index >= 15 is 0 Å². The van der Waals surface area contributed by atoms with Crippen LogP contribution in [0.15, 0.2) is 0 Å². The number of hydrogen-bond acceptors (Lipinski definition) is 7. The third-order valence-corrected chi connectivity index (χ3v) is 6.21. The van der Waals surface area contributed by atoms with Crippen LogP contribution in [0.4, 0.5) is 0 Å². The van der Waals surface area contributed by atoms with E-state index in [2.05, 4.69) is 0 Å². The molecule has 0 aromatic carbocycles. The Labute approximate surface area is 177 Å². The quantitative estimate of drug-likeness (QED) is 0.300. The standard InChI is InChI=1S/C20H42N2O6S/c1-14(2)17(21)18(23)27-13-26-12-16(28-15(3)19(4,5)6)11-22(20(7,8)9)29(10,24)25/h14-17H,11-13,21H2,1-10H3/t15-,16-,17-/m0/s1. The number of carbonyl (C=O) groups is 1. The minimum atomic E-state index is -3.46. The number of hydrogen-bond donors (Lipinski definition) is 1. The fourth-order valence-corrected chi connectivity index (χ4v) is 3.80. The van der Waals surface area contributed by atoms with Gasteiger partial charge in [0, 0.05) is 12.1 Å². The van der Waals surface area contributed by atoms with Gasteiger partial charge in [0.05, 0.1) is 25.1 Å². The Morgan fingerprint density at radius 3 is 1.97 bits per heavy atom. The van der Waals surface area contributed by atoms with E-state index in [4.69, 9.17) is 19.9 Å². The molecule has 0 fully saturated rings. The average molecular weight is 439 g/mol. The summed E-state index contributed by atoms with van der Waals surface area (Å²) in [5, 5.41) is 0. The maximum Gasteiger partial charge on any atom is 0.325 e. The van der Waals surface area contributed by atoms with Gasteiger partial charge in [0.15, 0.2) is 6.79 Å². The molecule has 0 amide bonds. The fourth-order valence-electron chi connectivity index (χ4n) is 2.37. The number of esters is 1. The Morgan fingerprint density at radius 1 is 1.07 bits per heavy atom. The number of sulfonamides is 1. The molecular weight excluding hydrogens is 396 g/mol. The van der Waals surface area contributed by atoms with Gasteiger partial charge in [-0.15, -0.1) is 0 Å². The zero-order valence-corrected chi connectivity index (χ0v) is 20.6. The first kappa shape index (κ1) is 28.3. The molecule has 0 aliphatic rings. The van der Waals surface area contributed by atoms with E-state index < -0.39 is 33.7 Å². The highest BCUT2D eigenvalue weighted by Gasteiger charge is 2.34. The molecule has 0 heterocycles. The van der Waals surface area contributed by atoms with E-state index in [0.717, 1.165) is 0 Å². The van der Waals surface area contributed by atoms with Gasteiger partial charge in [0.2, 0.25) is 10.0 Å². The predicted octanol–water partition coefficient (Wildman–Crippen LogP) is 2.37. The highest BCUT2D eigenvalue weighted by molar-refractivity contribution is 7.88. The summed E-state index contributed by atoms with van der Waals surface area (Å²) >= 11 is 0. The summed E-state index contributed by atoms with van der Waals surface area (Å²) in [5.41, 5.74) is 5.00. The molecule has 2 N–H and O–H groups in total. The van der Waals surface area contributed by atoms with Gasteiger partial charge in [0.25, 0.3) is 0 Å². The van der Waals surface area contributed by atoms with Crippen molar-refractivity contribution in [3.63, 3.8) is 0 Å². The van der Waals surface area contributed by atoms with Crippen LogP contribution in [0.5, 0.6) is 0 Å². The summed E-state index contributed by atoms with van der Waals surface area (Å²) < 4.78 is 42.7. The Balaban J connectivity index is 5.14. The third kappa shape index (κ3) is 10.7. The number of nitrogens with two attached hydrogens (primary N) is 1. The molecule has 0 aromatic rings. The first-order chi connectivity index (χ1) is 12.9. The molecule has 0 bridgehead atoms. The second-order valence-electron chi connectivity index (χ2n) is 9.95. The van der Waals surface area contributed by atoms with E-state index in [0.29, 0.717) is 0 Å². The lowest BCUT2D eigenvalue weighted by Crippen LogP contribution is -2.51. The molecule has 9 heteroatoms. The van der Waals surface area contributed by atoms with Crippen molar-refractivity contribution < 1.29 is 27.4 Å². The number of carbonyl (C=O) groups excluding carboxylic acids is 1. The Hall–Kier alpha value is -0.740. The topological polar surface area (TPSA) is 108 Å². The van der Waals surface area contributed by atoms with Gasteiger partial charge < -0.3 is 19.9 Å². The maximum atomic E-state index is 12.3. The van der Waals surface area contributed by atoms with Gasteiger partial charge in [-0.1, -0.05) is 34.6 Å². The SMILES string of the molecule is CC(C)[C@H](N)C(=O)OCOC[C@H](CN(C(C)(C)C)S(C)(=O)=O)O[C@@H](C)C(C)(C)C. The van der Waals surface area contributed by atoms with Crippen LogP contribution in [0.1, 0.15) is 62.3 Å². The number of nitrogens with zero attached hydrogens (tertiary/aromatic N) is 1. The van der Waals surface area contributed by atoms with Gasteiger partial charge in [0.1, 0.15) is 6.04 Å². The van der Waals surface area contributed by atoms with Crippen molar-refractivity contribution in [2.24, 2.45) is 17.1 Å². The molecule has 29 heavy (non-hydrogen) atoms. The minimum Gasteiger partial charge on any atom is -0.437 e. The number of rotatable bonds is 11. The second-order valence-corrected chi connectivity index (χ2v) is 11.9. The Morgan fingerprint density at radius 2 is 1.59 bits per heavy atom. The van der Waals surface area contributed by atoms with Crippen LogP contribution in [-0.4, -0.2) is 68.7 Å². The summed E-state index contributed by atoms with van der Waals surface area (Å²) in [4.78, 5) is 11.8. The monoisotopic (exact) mass is 438 g/mol. The van der Waals surface area contributed by atoms with Crippen LogP contribution in [0, 0.1) is 11.3 Å². The van der Waals surface area contributed by atoms with Crippen LogP contribution in [-0.2, 0) is 29.0 Å². The van der Waals surface area contributed by atoms with Gasteiger partial charge in [-0.3, -0.25) is 4.79 Å². The predicted molar refractivity (Wildman–Crippen MR) is 115 cm³/mol. The summed E-state index contributed by atoms with van der Waals surface area (Å²) in [5.74, 6) is -0.575. The zero-order valence-electron chi connectivity index (χ0n) is 19.8. The van der Waals surface area contributed by atoms with Gasteiger partial charge in [-0.05, 0) is 39.0 Å². The molecule has 174 valence electrons. The van der Waals surface area contributed by atoms with Crippen LogP contribution >= 0.6 is 0 Å². The van der Waals surface area contributed by atoms with Gasteiger partial charge >= 0.3 is 5.97 Å². The van der Waals surface area contributed by atoms with E-state index in [9.17, 15) is 13.2 Å². The summed E-state index contributed by atoms with van der Waals surface area (Å²) in [7, 11) is -3.46. The maximum absolute atomic E-state index is 12.3. The summed E-state index contributed by atoms with van der Waals surface area (Å²) in [6.07, 6.45) is 0.503. The van der Waals surface area contributed by atoms with E-state index in [-0.39, 0.29) is 37.4 Å². The van der Waals surface area contributed by atoms with Crippen LogP contribution in [0.25, 0.3) is 0 Å². The normalized spacial score (nSPS) is 16.7. The molecule has 8 nitrogen and oxygen atoms in total. The molecule has 0 aliphatic heterocycles. The van der Waals surface area contributed by atoms with Crippen LogP contribution < -0.4 is 5.73 Å². The van der Waals surface area contributed by atoms with Crippen molar-refractivity contribution in [3.8, 4) is 0 Å². The highest BCUT2D eigenvalue weighted by atomic mass is 32.2.